The first-order valence-corrected chi connectivity index (χ1v) is 14.7. The Morgan fingerprint density at radius 3 is 2.59 bits per heavy atom. The molecule has 0 spiro atoms. The summed E-state index contributed by atoms with van der Waals surface area (Å²) >= 11 is 0. The lowest BCUT2D eigenvalue weighted by Crippen LogP contribution is -2.77. The van der Waals surface area contributed by atoms with Crippen molar-refractivity contribution in [2.24, 2.45) is 0 Å². The average Bonchev–Trinajstić information content (AvgIpc) is 3.72. The molecule has 4 unspecified atom stereocenters. The molecule has 10 heteroatoms. The molecule has 0 radical (unpaired) electrons. The molecule has 0 saturated carbocycles. The van der Waals surface area contributed by atoms with Gasteiger partial charge in [0.1, 0.15) is 23.6 Å². The van der Waals surface area contributed by atoms with Crippen LogP contribution < -0.4 is 10.2 Å². The summed E-state index contributed by atoms with van der Waals surface area (Å²) in [6.07, 6.45) is 5.92. The number of aromatic nitrogens is 2. The van der Waals surface area contributed by atoms with Gasteiger partial charge in [0.2, 0.25) is 5.91 Å². The van der Waals surface area contributed by atoms with Gasteiger partial charge in [0.05, 0.1) is 24.0 Å². The third kappa shape index (κ3) is 4.10. The van der Waals surface area contributed by atoms with Crippen LogP contribution in [0.5, 0.6) is 0 Å². The Bertz CT molecular complexity index is 1480. The van der Waals surface area contributed by atoms with Gasteiger partial charge in [-0.25, -0.2) is 4.98 Å². The number of carbonyl (C=O) groups is 3. The van der Waals surface area contributed by atoms with E-state index in [2.05, 4.69) is 25.1 Å². The van der Waals surface area contributed by atoms with E-state index in [1.165, 1.54) is 19.3 Å². The molecule has 1 aromatic carbocycles. The molecule has 4 saturated heterocycles. The number of hydrogen-bond acceptors (Lipinski definition) is 6. The predicted molar refractivity (Wildman–Crippen MR) is 156 cm³/mol. The van der Waals surface area contributed by atoms with Gasteiger partial charge in [-0.15, -0.1) is 0 Å². The number of hydrogen-bond donors (Lipinski definition) is 2. The van der Waals surface area contributed by atoms with Gasteiger partial charge in [0, 0.05) is 36.1 Å². The predicted octanol–water partition coefficient (Wildman–Crippen LogP) is 2.83. The highest BCUT2D eigenvalue weighted by atomic mass is 16.2. The number of benzene rings is 1. The van der Waals surface area contributed by atoms with Gasteiger partial charge in [-0.2, -0.15) is 0 Å². The van der Waals surface area contributed by atoms with Crippen molar-refractivity contribution in [2.75, 3.05) is 31.6 Å². The van der Waals surface area contributed by atoms with E-state index >= 15 is 0 Å². The molecule has 214 valence electrons. The zero-order valence-corrected chi connectivity index (χ0v) is 23.8. The van der Waals surface area contributed by atoms with Crippen LogP contribution in [0.4, 0.5) is 5.69 Å². The molecule has 0 aliphatic carbocycles. The topological polar surface area (TPSA) is 105 Å². The van der Waals surface area contributed by atoms with Crippen LogP contribution >= 0.6 is 0 Å². The van der Waals surface area contributed by atoms with Gasteiger partial charge in [-0.05, 0) is 70.8 Å². The number of rotatable bonds is 4. The van der Waals surface area contributed by atoms with Crippen LogP contribution in [0.1, 0.15) is 60.5 Å². The molecule has 4 atom stereocenters. The highest BCUT2D eigenvalue weighted by Gasteiger charge is 2.62. The van der Waals surface area contributed by atoms with Crippen LogP contribution in [0, 0.1) is 0 Å². The summed E-state index contributed by atoms with van der Waals surface area (Å²) in [4.78, 5) is 57.0. The summed E-state index contributed by atoms with van der Waals surface area (Å²) in [6.45, 7) is 6.50. The molecule has 10 nitrogen and oxygen atoms in total. The summed E-state index contributed by atoms with van der Waals surface area (Å²) in [7, 11) is 1.99. The Balaban J connectivity index is 1.08. The van der Waals surface area contributed by atoms with E-state index in [0.717, 1.165) is 36.1 Å². The Kier molecular flexibility index (Phi) is 6.08. The van der Waals surface area contributed by atoms with Gasteiger partial charge >= 0.3 is 0 Å². The molecule has 2 N–H and O–H groups in total. The van der Waals surface area contributed by atoms with Crippen molar-refractivity contribution in [2.45, 2.75) is 69.4 Å². The minimum absolute atomic E-state index is 0.0877. The fourth-order valence-corrected chi connectivity index (χ4v) is 7.35. The van der Waals surface area contributed by atoms with Gasteiger partial charge in [-0.1, -0.05) is 18.2 Å². The van der Waals surface area contributed by atoms with E-state index < -0.39 is 11.6 Å². The molecule has 7 rings (SSSR count). The number of piperazine rings is 1. The molecule has 3 amide bonds. The van der Waals surface area contributed by atoms with Crippen molar-refractivity contribution in [3.8, 4) is 0 Å². The van der Waals surface area contributed by atoms with Crippen LogP contribution in [0.3, 0.4) is 0 Å². The smallest absolute Gasteiger partial charge is 0.272 e. The van der Waals surface area contributed by atoms with Crippen molar-refractivity contribution in [1.29, 1.82) is 0 Å². The van der Waals surface area contributed by atoms with E-state index in [1.807, 2.05) is 79.4 Å². The van der Waals surface area contributed by atoms with Gasteiger partial charge in [-0.3, -0.25) is 19.3 Å². The number of likely N-dealkylation sites (tertiary alicyclic amines) is 1. The van der Waals surface area contributed by atoms with Crippen LogP contribution in [-0.4, -0.2) is 98.9 Å². The van der Waals surface area contributed by atoms with Crippen molar-refractivity contribution >= 4 is 34.3 Å². The molecule has 2 bridgehead atoms. The van der Waals surface area contributed by atoms with Crippen molar-refractivity contribution < 1.29 is 14.4 Å². The molecule has 6 heterocycles. The maximum absolute atomic E-state index is 14.0. The highest BCUT2D eigenvalue weighted by Crippen LogP contribution is 2.44. The van der Waals surface area contributed by atoms with Crippen molar-refractivity contribution in [3.63, 3.8) is 0 Å². The van der Waals surface area contributed by atoms with Crippen LogP contribution in [-0.2, 0) is 4.79 Å². The first kappa shape index (κ1) is 26.0. The second-order valence-corrected chi connectivity index (χ2v) is 12.5. The maximum Gasteiger partial charge on any atom is 0.272 e. The van der Waals surface area contributed by atoms with Crippen LogP contribution in [0.2, 0.25) is 0 Å². The molecule has 4 fully saturated rings. The SMILES string of the molecule is CN1C2C3CC(CN3C(=O)c3ccc(N4CCCCC4)cn3)N2C(=O)C(NC(=O)c2cc3ccccc3[nH]2)C1(C)C. The second-order valence-electron chi connectivity index (χ2n) is 12.5. The molecular formula is C31H37N7O3. The summed E-state index contributed by atoms with van der Waals surface area (Å²) in [5.41, 5.74) is 2.14. The van der Waals surface area contributed by atoms with E-state index in [9.17, 15) is 14.4 Å². The maximum atomic E-state index is 14.0. The van der Waals surface area contributed by atoms with E-state index in [1.54, 1.807) is 0 Å². The number of piperidine rings is 1. The number of pyridine rings is 1. The normalized spacial score (nSPS) is 27.4. The molecule has 41 heavy (non-hydrogen) atoms. The van der Waals surface area contributed by atoms with E-state index in [4.69, 9.17) is 0 Å². The lowest BCUT2D eigenvalue weighted by Gasteiger charge is -2.57. The number of nitrogens with one attached hydrogen (secondary N) is 2. The van der Waals surface area contributed by atoms with Gasteiger partial charge in [0.15, 0.2) is 0 Å². The zero-order valence-electron chi connectivity index (χ0n) is 23.8. The fraction of sp³-hybridized carbons (Fsp3) is 0.484. The molecule has 3 aromatic rings. The Morgan fingerprint density at radius 1 is 1.07 bits per heavy atom. The third-order valence-corrected chi connectivity index (χ3v) is 9.86. The molecule has 4 aliphatic heterocycles. The standard InChI is InChI=1S/C31H37N7O3/c1-31(2)26(34-27(39)24-15-19-9-5-6-10-22(19)33-24)30(41)38-21-16-25(28(38)35(31)3)37(18-21)29(40)23-12-11-20(17-32-23)36-13-7-4-8-14-36/h5-6,9-12,15,17,21,25-26,28,33H,4,7-8,13-14,16,18H2,1-3H3,(H,34,39). The lowest BCUT2D eigenvalue weighted by molar-refractivity contribution is -0.164. The van der Waals surface area contributed by atoms with Gasteiger partial charge in [0.25, 0.3) is 11.8 Å². The zero-order chi connectivity index (χ0) is 28.5. The molecule has 4 aliphatic rings. The Morgan fingerprint density at radius 2 is 1.85 bits per heavy atom. The van der Waals surface area contributed by atoms with Crippen molar-refractivity contribution in [3.05, 3.63) is 60.0 Å². The lowest BCUT2D eigenvalue weighted by atomic mass is 9.86. The number of likely N-dealkylation sites (N-methyl/N-ethyl adjacent to an activating group) is 1. The number of fused-ring (bicyclic) bond motifs is 6. The molecule has 2 aromatic heterocycles. The van der Waals surface area contributed by atoms with Crippen LogP contribution in [0.15, 0.2) is 48.7 Å². The van der Waals surface area contributed by atoms with Gasteiger partial charge < -0.3 is 25.0 Å². The molecular weight excluding hydrogens is 518 g/mol. The summed E-state index contributed by atoms with van der Waals surface area (Å²) in [5.74, 6) is -0.485. The average molecular weight is 556 g/mol. The van der Waals surface area contributed by atoms with Crippen LogP contribution in [0.25, 0.3) is 10.9 Å². The second kappa shape index (κ2) is 9.58. The monoisotopic (exact) mass is 555 g/mol. The number of nitrogens with zero attached hydrogens (tertiary/aromatic N) is 5. The number of H-pyrrole nitrogens is 1. The summed E-state index contributed by atoms with van der Waals surface area (Å²) in [6, 6.07) is 12.4. The third-order valence-electron chi connectivity index (χ3n) is 9.86. The number of carbonyl (C=O) groups excluding carboxylic acids is 3. The number of amides is 3. The first-order chi connectivity index (χ1) is 19.7. The Labute approximate surface area is 239 Å². The quantitative estimate of drug-likeness (QED) is 0.513. The number of anilines is 1. The number of aromatic amines is 1. The summed E-state index contributed by atoms with van der Waals surface area (Å²) in [5, 5.41) is 3.98. The number of para-hydroxylation sites is 1. The summed E-state index contributed by atoms with van der Waals surface area (Å²) < 4.78 is 0. The minimum Gasteiger partial charge on any atom is -0.370 e. The van der Waals surface area contributed by atoms with E-state index in [0.29, 0.717) is 17.9 Å². The largest absolute Gasteiger partial charge is 0.370 e. The highest BCUT2D eigenvalue weighted by molar-refractivity contribution is 6.01. The fourth-order valence-electron chi connectivity index (χ4n) is 7.35. The first-order valence-electron chi connectivity index (χ1n) is 14.7. The van der Waals surface area contributed by atoms with E-state index in [-0.39, 0.29) is 36.0 Å². The minimum atomic E-state index is -0.727. The Hall–Kier alpha value is -3.92. The van der Waals surface area contributed by atoms with Crippen molar-refractivity contribution in [1.82, 2.24) is 30.0 Å².